The van der Waals surface area contributed by atoms with Crippen LogP contribution in [0.25, 0.3) is 0 Å². The molecule has 2 heteroatoms. The van der Waals surface area contributed by atoms with Crippen molar-refractivity contribution in [3.8, 4) is 0 Å². The van der Waals surface area contributed by atoms with Gasteiger partial charge in [0.25, 0.3) is 11.9 Å². The van der Waals surface area contributed by atoms with Crippen molar-refractivity contribution in [1.29, 1.82) is 0 Å². The molecule has 0 saturated carbocycles. The van der Waals surface area contributed by atoms with Crippen LogP contribution < -0.4 is 4.99 Å². The first-order valence-electron chi connectivity index (χ1n) is 3.22. The van der Waals surface area contributed by atoms with Crippen LogP contribution >= 0.6 is 0 Å². The summed E-state index contributed by atoms with van der Waals surface area (Å²) in [6.07, 6.45) is 10.1. The van der Waals surface area contributed by atoms with Crippen LogP contribution in [0.3, 0.4) is 0 Å². The summed E-state index contributed by atoms with van der Waals surface area (Å²) >= 11 is 0. The average Bonchev–Trinajstić information content (AvgIpc) is 2.05. The minimum atomic E-state index is 0.880. The van der Waals surface area contributed by atoms with Gasteiger partial charge in [-0.2, -0.15) is 0 Å². The first-order chi connectivity index (χ1) is 4.97. The molecule has 2 nitrogen and oxygen atoms in total. The summed E-state index contributed by atoms with van der Waals surface area (Å²) in [6.45, 7) is 0. The van der Waals surface area contributed by atoms with Gasteiger partial charge in [0.2, 0.25) is 5.76 Å². The van der Waals surface area contributed by atoms with E-state index in [1.54, 1.807) is 12.5 Å². The SMILES string of the molecule is C1=CCC2=[N+]C=COC2=C1. The molecule has 0 bridgehead atoms. The Bertz CT molecular complexity index is 230. The number of nitrogens with zero attached hydrogens (tertiary/aromatic N) is 1. The van der Waals surface area contributed by atoms with Crippen molar-refractivity contribution in [3.05, 3.63) is 36.4 Å². The van der Waals surface area contributed by atoms with Gasteiger partial charge in [0, 0.05) is 0 Å². The number of ether oxygens (including phenoxy) is 1. The molecule has 0 aromatic rings. The molecular formula is C8H7NO+. The third-order valence-electron chi connectivity index (χ3n) is 1.47. The Labute approximate surface area is 59.2 Å². The zero-order chi connectivity index (χ0) is 6.81. The largest absolute Gasteiger partial charge is 0.452 e. The van der Waals surface area contributed by atoms with Gasteiger partial charge in [-0.25, -0.2) is 0 Å². The second-order valence-electron chi connectivity index (χ2n) is 2.14. The van der Waals surface area contributed by atoms with E-state index < -0.39 is 0 Å². The molecule has 10 heavy (non-hydrogen) atoms. The van der Waals surface area contributed by atoms with Gasteiger partial charge < -0.3 is 4.74 Å². The van der Waals surface area contributed by atoms with Crippen LogP contribution in [-0.2, 0) is 4.74 Å². The van der Waals surface area contributed by atoms with Crippen molar-refractivity contribution in [1.82, 2.24) is 4.99 Å². The van der Waals surface area contributed by atoms with E-state index in [0.29, 0.717) is 0 Å². The Kier molecular flexibility index (Phi) is 1.17. The summed E-state index contributed by atoms with van der Waals surface area (Å²) in [6, 6.07) is 0. The summed E-state index contributed by atoms with van der Waals surface area (Å²) in [7, 11) is 0. The van der Waals surface area contributed by atoms with Gasteiger partial charge in [0.05, 0.1) is 11.4 Å². The van der Waals surface area contributed by atoms with Gasteiger partial charge in [-0.1, -0.05) is 12.2 Å². The second kappa shape index (κ2) is 2.14. The van der Waals surface area contributed by atoms with E-state index in [-0.39, 0.29) is 0 Å². The smallest absolute Gasteiger partial charge is 0.299 e. The van der Waals surface area contributed by atoms with Gasteiger partial charge >= 0.3 is 0 Å². The maximum absolute atomic E-state index is 5.18. The highest BCUT2D eigenvalue weighted by molar-refractivity contribution is 6.00. The fraction of sp³-hybridized carbons (Fsp3) is 0.125. The average molecular weight is 133 g/mol. The molecule has 49 valence electrons. The van der Waals surface area contributed by atoms with Crippen LogP contribution in [0.15, 0.2) is 36.4 Å². The van der Waals surface area contributed by atoms with E-state index in [0.717, 1.165) is 17.9 Å². The molecule has 0 fully saturated rings. The van der Waals surface area contributed by atoms with E-state index in [1.165, 1.54) is 0 Å². The number of hydrogen-bond donors (Lipinski definition) is 0. The lowest BCUT2D eigenvalue weighted by Gasteiger charge is -2.04. The van der Waals surface area contributed by atoms with Crippen molar-refractivity contribution in [2.45, 2.75) is 6.42 Å². The lowest BCUT2D eigenvalue weighted by molar-refractivity contribution is 0.368. The molecule has 1 aliphatic heterocycles. The van der Waals surface area contributed by atoms with Gasteiger partial charge in [-0.3, -0.25) is 0 Å². The summed E-state index contributed by atoms with van der Waals surface area (Å²) in [4.78, 5) is 4.14. The Morgan fingerprint density at radius 1 is 1.50 bits per heavy atom. The molecule has 0 aromatic heterocycles. The summed E-state index contributed by atoms with van der Waals surface area (Å²) in [5.74, 6) is 0.880. The molecular weight excluding hydrogens is 126 g/mol. The molecule has 0 N–H and O–H groups in total. The third kappa shape index (κ3) is 0.778. The number of hydrogen-bond acceptors (Lipinski definition) is 2. The zero-order valence-corrected chi connectivity index (χ0v) is 5.45. The number of rotatable bonds is 0. The standard InChI is InChI=1S/C8H7NO/c1-2-4-8-7(3-1)9-5-6-10-8/h1-2,4-6H,3H2/q+1. The normalized spacial score (nSPS) is 20.8. The van der Waals surface area contributed by atoms with Gasteiger partial charge in [-0.05, 0) is 6.08 Å². The Morgan fingerprint density at radius 3 is 3.40 bits per heavy atom. The molecule has 2 rings (SSSR count). The monoisotopic (exact) mass is 133 g/mol. The lowest BCUT2D eigenvalue weighted by atomic mass is 10.1. The van der Waals surface area contributed by atoms with Crippen molar-refractivity contribution < 1.29 is 4.74 Å². The van der Waals surface area contributed by atoms with Crippen molar-refractivity contribution in [3.63, 3.8) is 0 Å². The van der Waals surface area contributed by atoms with Gasteiger partial charge in [0.1, 0.15) is 0 Å². The first kappa shape index (κ1) is 5.47. The van der Waals surface area contributed by atoms with Gasteiger partial charge in [0.15, 0.2) is 6.26 Å². The second-order valence-corrected chi connectivity index (χ2v) is 2.14. The van der Waals surface area contributed by atoms with Crippen molar-refractivity contribution in [2.24, 2.45) is 0 Å². The summed E-state index contributed by atoms with van der Waals surface area (Å²) < 4.78 is 5.18. The van der Waals surface area contributed by atoms with Crippen LogP contribution in [0, 0.1) is 0 Å². The highest BCUT2D eigenvalue weighted by Crippen LogP contribution is 2.11. The lowest BCUT2D eigenvalue weighted by Crippen LogP contribution is -2.13. The van der Waals surface area contributed by atoms with E-state index in [9.17, 15) is 0 Å². The highest BCUT2D eigenvalue weighted by Gasteiger charge is 2.21. The molecule has 1 aliphatic carbocycles. The zero-order valence-electron chi connectivity index (χ0n) is 5.45. The quantitative estimate of drug-likeness (QED) is 0.485. The molecule has 0 aromatic carbocycles. The number of allylic oxidation sites excluding steroid dienone is 4. The van der Waals surface area contributed by atoms with Crippen molar-refractivity contribution >= 4 is 5.71 Å². The molecule has 0 spiro atoms. The fourth-order valence-electron chi connectivity index (χ4n) is 0.980. The predicted octanol–water partition coefficient (Wildman–Crippen LogP) is 1.11. The molecule has 0 unspecified atom stereocenters. The van der Waals surface area contributed by atoms with Crippen LogP contribution in [0.2, 0.25) is 0 Å². The van der Waals surface area contributed by atoms with E-state index in [4.69, 9.17) is 4.74 Å². The van der Waals surface area contributed by atoms with E-state index >= 15 is 0 Å². The number of fused-ring (bicyclic) bond motifs is 1. The van der Waals surface area contributed by atoms with Crippen LogP contribution in [0.1, 0.15) is 6.42 Å². The molecule has 0 amide bonds. The Balaban J connectivity index is 2.38. The molecule has 2 aliphatic rings. The van der Waals surface area contributed by atoms with E-state index in [1.807, 2.05) is 12.2 Å². The maximum Gasteiger partial charge on any atom is 0.299 e. The topological polar surface area (TPSA) is 23.3 Å². The minimum Gasteiger partial charge on any atom is -0.452 e. The predicted molar refractivity (Wildman–Crippen MR) is 39.2 cm³/mol. The maximum atomic E-state index is 5.18. The number of aliphatic imine (C=N–C) groups is 1. The van der Waals surface area contributed by atoms with Crippen LogP contribution in [0.5, 0.6) is 0 Å². The Morgan fingerprint density at radius 2 is 2.50 bits per heavy atom. The van der Waals surface area contributed by atoms with Gasteiger partial charge in [-0.15, -0.1) is 0 Å². The first-order valence-corrected chi connectivity index (χ1v) is 3.22. The molecule has 1 heterocycles. The third-order valence-corrected chi connectivity index (χ3v) is 1.47. The fourth-order valence-corrected chi connectivity index (χ4v) is 0.980. The minimum absolute atomic E-state index is 0.880. The Hall–Kier alpha value is -1.31. The van der Waals surface area contributed by atoms with Crippen molar-refractivity contribution in [2.75, 3.05) is 0 Å². The molecule has 0 saturated heterocycles. The van der Waals surface area contributed by atoms with E-state index in [2.05, 4.69) is 11.1 Å². The van der Waals surface area contributed by atoms with Crippen LogP contribution in [0.4, 0.5) is 0 Å². The highest BCUT2D eigenvalue weighted by atomic mass is 16.5. The molecule has 0 atom stereocenters. The summed E-state index contributed by atoms with van der Waals surface area (Å²) in [5, 5.41) is 0. The van der Waals surface area contributed by atoms with Crippen LogP contribution in [-0.4, -0.2) is 5.71 Å². The molecule has 1 radical (unpaired) electrons. The summed E-state index contributed by atoms with van der Waals surface area (Å²) in [5.41, 5.74) is 1.02.